The highest BCUT2D eigenvalue weighted by Gasteiger charge is 2.29. The highest BCUT2D eigenvalue weighted by atomic mass is 32.2. The van der Waals surface area contributed by atoms with Gasteiger partial charge in [-0.2, -0.15) is 4.31 Å². The number of hydrogen-bond acceptors (Lipinski definition) is 6. The van der Waals surface area contributed by atoms with Crippen molar-refractivity contribution in [2.45, 2.75) is 30.7 Å². The van der Waals surface area contributed by atoms with Crippen molar-refractivity contribution < 1.29 is 8.42 Å². The van der Waals surface area contributed by atoms with Gasteiger partial charge in [-0.1, -0.05) is 12.1 Å². The molecule has 0 radical (unpaired) electrons. The average Bonchev–Trinajstić information content (AvgIpc) is 3.48. The van der Waals surface area contributed by atoms with E-state index in [9.17, 15) is 8.42 Å². The summed E-state index contributed by atoms with van der Waals surface area (Å²) in [5, 5.41) is 5.24. The van der Waals surface area contributed by atoms with E-state index >= 15 is 0 Å². The largest absolute Gasteiger partial charge is 0.295 e. The van der Waals surface area contributed by atoms with Crippen molar-refractivity contribution in [3.05, 3.63) is 57.9 Å². The van der Waals surface area contributed by atoms with E-state index in [0.29, 0.717) is 18.0 Å². The molecule has 8 heteroatoms. The third-order valence-corrected chi connectivity index (χ3v) is 9.53. The minimum atomic E-state index is -3.41. The summed E-state index contributed by atoms with van der Waals surface area (Å²) in [7, 11) is -3.41. The lowest BCUT2D eigenvalue weighted by Gasteiger charge is -2.33. The summed E-state index contributed by atoms with van der Waals surface area (Å²) < 4.78 is 27.8. The summed E-state index contributed by atoms with van der Waals surface area (Å²) in [6.07, 6.45) is 3.19. The number of aromatic nitrogens is 1. The van der Waals surface area contributed by atoms with Crippen LogP contribution in [-0.2, 0) is 29.4 Å². The zero-order valence-corrected chi connectivity index (χ0v) is 18.5. The number of fused-ring (bicyclic) bond motifs is 1. The third kappa shape index (κ3) is 3.92. The van der Waals surface area contributed by atoms with Gasteiger partial charge in [-0.3, -0.25) is 4.90 Å². The van der Waals surface area contributed by atoms with Crippen LogP contribution in [0, 0.1) is 0 Å². The molecule has 1 fully saturated rings. The van der Waals surface area contributed by atoms with Gasteiger partial charge in [0, 0.05) is 38.1 Å². The first-order chi connectivity index (χ1) is 14.1. The predicted octanol–water partition coefficient (Wildman–Crippen LogP) is 3.87. The predicted molar refractivity (Wildman–Crippen MR) is 118 cm³/mol. The first-order valence-electron chi connectivity index (χ1n) is 9.92. The van der Waals surface area contributed by atoms with Gasteiger partial charge < -0.3 is 0 Å². The van der Waals surface area contributed by atoms with Gasteiger partial charge in [0.15, 0.2) is 0 Å². The van der Waals surface area contributed by atoms with Crippen molar-refractivity contribution >= 4 is 32.7 Å². The van der Waals surface area contributed by atoms with Crippen molar-refractivity contribution in [3.63, 3.8) is 0 Å². The monoisotopic (exact) mass is 445 g/mol. The average molecular weight is 446 g/mol. The Kier molecular flexibility index (Phi) is 5.30. The van der Waals surface area contributed by atoms with Crippen LogP contribution in [0.3, 0.4) is 0 Å². The van der Waals surface area contributed by atoms with Crippen molar-refractivity contribution in [1.29, 1.82) is 0 Å². The lowest BCUT2D eigenvalue weighted by Crippen LogP contribution is -2.48. The van der Waals surface area contributed by atoms with Crippen LogP contribution in [0.1, 0.15) is 23.2 Å². The minimum absolute atomic E-state index is 0.451. The summed E-state index contributed by atoms with van der Waals surface area (Å²) in [5.74, 6) is 0. The Bertz CT molecular complexity index is 1100. The molecule has 2 aromatic heterocycles. The molecule has 1 aromatic carbocycles. The van der Waals surface area contributed by atoms with Gasteiger partial charge in [0.2, 0.25) is 10.0 Å². The summed E-state index contributed by atoms with van der Waals surface area (Å²) >= 11 is 3.38. The van der Waals surface area contributed by atoms with Crippen LogP contribution in [0.4, 0.5) is 0 Å². The van der Waals surface area contributed by atoms with Crippen LogP contribution in [-0.4, -0.2) is 48.8 Å². The summed E-state index contributed by atoms with van der Waals surface area (Å²) in [6, 6.07) is 9.81. The van der Waals surface area contributed by atoms with E-state index in [4.69, 9.17) is 4.98 Å². The van der Waals surface area contributed by atoms with E-state index in [-0.39, 0.29) is 0 Å². The Morgan fingerprint density at radius 1 is 1.00 bits per heavy atom. The number of hydrogen-bond donors (Lipinski definition) is 0. The molecule has 5 rings (SSSR count). The number of benzene rings is 1. The Labute approximate surface area is 179 Å². The van der Waals surface area contributed by atoms with Gasteiger partial charge in [-0.05, 0) is 54.0 Å². The van der Waals surface area contributed by atoms with Crippen LogP contribution < -0.4 is 0 Å². The molecule has 2 aliphatic rings. The molecule has 0 amide bonds. The fraction of sp³-hybridized carbons (Fsp3) is 0.381. The van der Waals surface area contributed by atoms with Crippen LogP contribution in [0.25, 0.3) is 9.88 Å². The molecule has 3 heterocycles. The van der Waals surface area contributed by atoms with Gasteiger partial charge in [-0.15, -0.1) is 22.7 Å². The first kappa shape index (κ1) is 19.4. The molecule has 5 nitrogen and oxygen atoms in total. The van der Waals surface area contributed by atoms with E-state index in [1.165, 1.54) is 16.0 Å². The SMILES string of the molecule is O=S(=O)(c1ccc2c(c1)CCC2)N1CCN(Cc2csc(-c3cccs3)n2)CC1. The topological polar surface area (TPSA) is 53.5 Å². The summed E-state index contributed by atoms with van der Waals surface area (Å²) in [5.41, 5.74) is 3.57. The number of thiophene rings is 1. The maximum atomic E-state index is 13.1. The molecule has 29 heavy (non-hydrogen) atoms. The molecule has 3 aromatic rings. The number of aryl methyl sites for hydroxylation is 2. The lowest BCUT2D eigenvalue weighted by atomic mass is 10.1. The fourth-order valence-electron chi connectivity index (χ4n) is 4.11. The number of piperazine rings is 1. The Morgan fingerprint density at radius 2 is 1.83 bits per heavy atom. The highest BCUT2D eigenvalue weighted by molar-refractivity contribution is 7.89. The molecule has 0 bridgehead atoms. The van der Waals surface area contributed by atoms with Crippen LogP contribution in [0.5, 0.6) is 0 Å². The smallest absolute Gasteiger partial charge is 0.243 e. The van der Waals surface area contributed by atoms with Crippen molar-refractivity contribution in [1.82, 2.24) is 14.2 Å². The second kappa shape index (κ2) is 7.92. The van der Waals surface area contributed by atoms with E-state index in [0.717, 1.165) is 49.6 Å². The maximum absolute atomic E-state index is 13.1. The van der Waals surface area contributed by atoms with Gasteiger partial charge in [0.05, 0.1) is 15.5 Å². The molecule has 0 saturated carbocycles. The Balaban J connectivity index is 1.22. The maximum Gasteiger partial charge on any atom is 0.243 e. The number of sulfonamides is 1. The van der Waals surface area contributed by atoms with Gasteiger partial charge in [0.1, 0.15) is 5.01 Å². The highest BCUT2D eigenvalue weighted by Crippen LogP contribution is 2.29. The van der Waals surface area contributed by atoms with E-state index < -0.39 is 10.0 Å². The van der Waals surface area contributed by atoms with Gasteiger partial charge in [-0.25, -0.2) is 13.4 Å². The molecule has 0 atom stereocenters. The fourth-order valence-corrected chi connectivity index (χ4v) is 7.21. The van der Waals surface area contributed by atoms with Crippen molar-refractivity contribution in [2.75, 3.05) is 26.2 Å². The quantitative estimate of drug-likeness (QED) is 0.598. The van der Waals surface area contributed by atoms with Crippen LogP contribution in [0.15, 0.2) is 46.0 Å². The summed E-state index contributed by atoms with van der Waals surface area (Å²) in [4.78, 5) is 8.70. The molecule has 0 spiro atoms. The Morgan fingerprint density at radius 3 is 2.62 bits per heavy atom. The van der Waals surface area contributed by atoms with Gasteiger partial charge in [0.25, 0.3) is 0 Å². The zero-order valence-electron chi connectivity index (χ0n) is 16.1. The molecule has 1 saturated heterocycles. The molecule has 0 N–H and O–H groups in total. The van der Waals surface area contributed by atoms with Gasteiger partial charge >= 0.3 is 0 Å². The molecular weight excluding hydrogens is 422 g/mol. The molecular formula is C21H23N3O2S3. The molecule has 0 unspecified atom stereocenters. The summed E-state index contributed by atoms with van der Waals surface area (Å²) in [6.45, 7) is 3.29. The van der Waals surface area contributed by atoms with E-state index in [1.807, 2.05) is 18.2 Å². The van der Waals surface area contributed by atoms with Crippen molar-refractivity contribution in [2.24, 2.45) is 0 Å². The second-order valence-corrected chi connectivity index (χ2v) is 11.3. The Hall–Kier alpha value is -1.58. The number of thiazole rings is 1. The molecule has 1 aliphatic carbocycles. The normalized spacial score (nSPS) is 18.2. The molecule has 1 aliphatic heterocycles. The minimum Gasteiger partial charge on any atom is -0.295 e. The first-order valence-corrected chi connectivity index (χ1v) is 13.1. The molecule has 152 valence electrons. The van der Waals surface area contributed by atoms with Crippen LogP contribution in [0.2, 0.25) is 0 Å². The van der Waals surface area contributed by atoms with Crippen molar-refractivity contribution in [3.8, 4) is 9.88 Å². The van der Waals surface area contributed by atoms with Crippen LogP contribution >= 0.6 is 22.7 Å². The number of nitrogens with zero attached hydrogens (tertiary/aromatic N) is 3. The third-order valence-electron chi connectivity index (χ3n) is 5.71. The zero-order chi connectivity index (χ0) is 19.8. The standard InChI is InChI=1S/C21H23N3O2S3/c25-29(26,19-7-6-16-3-1-4-17(16)13-19)24-10-8-23(9-11-24)14-18-15-28-21(22-18)20-5-2-12-27-20/h2,5-7,12-13,15H,1,3-4,8-11,14H2. The second-order valence-electron chi connectivity index (χ2n) is 7.59. The lowest BCUT2D eigenvalue weighted by molar-refractivity contribution is 0.180. The van der Waals surface area contributed by atoms with E-state index in [1.54, 1.807) is 33.0 Å². The number of rotatable bonds is 5. The van der Waals surface area contributed by atoms with E-state index in [2.05, 4.69) is 21.7 Å².